The number of carbonyl (C=O) groups is 1. The predicted octanol–water partition coefficient (Wildman–Crippen LogP) is 1.08. The van der Waals surface area contributed by atoms with Gasteiger partial charge in [0.2, 0.25) is 15.9 Å². The number of hydrogen-bond donors (Lipinski definition) is 1. The molecule has 1 aliphatic rings. The van der Waals surface area contributed by atoms with Crippen LogP contribution in [0.15, 0.2) is 29.2 Å². The first-order valence-corrected chi connectivity index (χ1v) is 9.84. The molecule has 1 aromatic rings. The van der Waals surface area contributed by atoms with Crippen molar-refractivity contribution in [2.24, 2.45) is 0 Å². The number of nitrogens with zero attached hydrogens (tertiary/aromatic N) is 2. The molecule has 0 aliphatic carbocycles. The van der Waals surface area contributed by atoms with Crippen LogP contribution in [0.3, 0.4) is 0 Å². The van der Waals surface area contributed by atoms with Crippen molar-refractivity contribution in [3.05, 3.63) is 29.8 Å². The molecule has 0 unspecified atom stereocenters. The molecule has 1 aromatic carbocycles. The molecule has 0 spiro atoms. The Labute approximate surface area is 144 Å². The third-order valence-electron chi connectivity index (χ3n) is 4.12. The van der Waals surface area contributed by atoms with E-state index in [0.29, 0.717) is 24.5 Å². The summed E-state index contributed by atoms with van der Waals surface area (Å²) in [7, 11) is 0.500. The maximum absolute atomic E-state index is 12.6. The zero-order valence-corrected chi connectivity index (χ0v) is 15.3. The van der Waals surface area contributed by atoms with Crippen molar-refractivity contribution in [3.8, 4) is 0 Å². The van der Waals surface area contributed by atoms with Gasteiger partial charge in [-0.05, 0) is 44.6 Å². The fourth-order valence-corrected chi connectivity index (χ4v) is 4.22. The minimum absolute atomic E-state index is 0.0523. The maximum Gasteiger partial charge on any atom is 0.243 e. The van der Waals surface area contributed by atoms with E-state index >= 15 is 0 Å². The Hall–Kier alpha value is -1.44. The smallest absolute Gasteiger partial charge is 0.243 e. The quantitative estimate of drug-likeness (QED) is 0.796. The van der Waals surface area contributed by atoms with Crippen LogP contribution in [0.4, 0.5) is 0 Å². The monoisotopic (exact) mass is 353 g/mol. The number of rotatable bonds is 7. The number of benzene rings is 1. The van der Waals surface area contributed by atoms with Crippen LogP contribution < -0.4 is 5.32 Å². The number of piperidine rings is 1. The van der Waals surface area contributed by atoms with Crippen molar-refractivity contribution in [3.63, 3.8) is 0 Å². The van der Waals surface area contributed by atoms with Gasteiger partial charge in [-0.25, -0.2) is 8.42 Å². The third-order valence-corrected chi connectivity index (χ3v) is 6.03. The molecular weight excluding hydrogens is 326 g/mol. The fourth-order valence-electron chi connectivity index (χ4n) is 2.70. The summed E-state index contributed by atoms with van der Waals surface area (Å²) in [6.45, 7) is 2.59. The third kappa shape index (κ3) is 5.29. The average Bonchev–Trinajstić information content (AvgIpc) is 2.56. The molecule has 0 saturated carbocycles. The Morgan fingerprint density at radius 2 is 1.75 bits per heavy atom. The van der Waals surface area contributed by atoms with E-state index < -0.39 is 10.0 Å². The molecular formula is C17H27N3O3S. The maximum atomic E-state index is 12.6. The van der Waals surface area contributed by atoms with E-state index in [1.54, 1.807) is 28.6 Å². The lowest BCUT2D eigenvalue weighted by Gasteiger charge is -2.25. The first kappa shape index (κ1) is 18.9. The molecule has 24 heavy (non-hydrogen) atoms. The van der Waals surface area contributed by atoms with Crippen molar-refractivity contribution in [2.75, 3.05) is 40.3 Å². The van der Waals surface area contributed by atoms with Crippen molar-refractivity contribution < 1.29 is 13.2 Å². The van der Waals surface area contributed by atoms with Gasteiger partial charge in [0.15, 0.2) is 0 Å². The molecule has 1 N–H and O–H groups in total. The van der Waals surface area contributed by atoms with E-state index in [2.05, 4.69) is 5.32 Å². The van der Waals surface area contributed by atoms with Gasteiger partial charge in [-0.3, -0.25) is 4.79 Å². The Kier molecular flexibility index (Phi) is 6.77. The van der Waals surface area contributed by atoms with Crippen LogP contribution in [0.2, 0.25) is 0 Å². The average molecular weight is 353 g/mol. The number of nitrogens with one attached hydrogen (secondary N) is 1. The van der Waals surface area contributed by atoms with Crippen LogP contribution in [0.1, 0.15) is 24.8 Å². The van der Waals surface area contributed by atoms with Crippen molar-refractivity contribution in [1.29, 1.82) is 0 Å². The second-order valence-corrected chi connectivity index (χ2v) is 8.38. The molecule has 1 saturated heterocycles. The number of likely N-dealkylation sites (N-methyl/N-ethyl adjacent to an activating group) is 1. The standard InChI is InChI=1S/C17H27N3O3S/c1-19(2)13-10-18-17(21)14-15-6-8-16(9-7-15)24(22,23)20-11-4-3-5-12-20/h6-9H,3-5,10-14H2,1-2H3,(H,18,21). The lowest BCUT2D eigenvalue weighted by atomic mass is 10.1. The summed E-state index contributed by atoms with van der Waals surface area (Å²) < 4.78 is 26.7. The number of hydrogen-bond acceptors (Lipinski definition) is 4. The summed E-state index contributed by atoms with van der Waals surface area (Å²) in [4.78, 5) is 14.2. The lowest BCUT2D eigenvalue weighted by Crippen LogP contribution is -2.35. The molecule has 2 rings (SSSR count). The van der Waals surface area contributed by atoms with Crippen LogP contribution in [-0.4, -0.2) is 63.8 Å². The number of sulfonamides is 1. The van der Waals surface area contributed by atoms with Gasteiger partial charge in [0.05, 0.1) is 11.3 Å². The Morgan fingerprint density at radius 3 is 2.33 bits per heavy atom. The topological polar surface area (TPSA) is 69.7 Å². The molecule has 0 radical (unpaired) electrons. The molecule has 6 nitrogen and oxygen atoms in total. The van der Waals surface area contributed by atoms with Gasteiger partial charge in [-0.1, -0.05) is 18.6 Å². The van der Waals surface area contributed by atoms with E-state index in [1.165, 1.54) is 0 Å². The highest BCUT2D eigenvalue weighted by atomic mass is 32.2. The molecule has 1 fully saturated rings. The highest BCUT2D eigenvalue weighted by molar-refractivity contribution is 7.89. The van der Waals surface area contributed by atoms with E-state index in [4.69, 9.17) is 0 Å². The van der Waals surface area contributed by atoms with Crippen molar-refractivity contribution >= 4 is 15.9 Å². The van der Waals surface area contributed by atoms with Gasteiger partial charge in [0, 0.05) is 26.2 Å². The first-order valence-electron chi connectivity index (χ1n) is 8.40. The minimum atomic E-state index is -3.40. The van der Waals surface area contributed by atoms with Crippen LogP contribution in [-0.2, 0) is 21.2 Å². The first-order chi connectivity index (χ1) is 11.4. The van der Waals surface area contributed by atoms with E-state index in [-0.39, 0.29) is 12.3 Å². The van der Waals surface area contributed by atoms with Gasteiger partial charge in [-0.15, -0.1) is 0 Å². The van der Waals surface area contributed by atoms with Gasteiger partial charge >= 0.3 is 0 Å². The van der Waals surface area contributed by atoms with E-state index in [1.807, 2.05) is 19.0 Å². The highest BCUT2D eigenvalue weighted by Gasteiger charge is 2.25. The van der Waals surface area contributed by atoms with Crippen LogP contribution in [0.25, 0.3) is 0 Å². The summed E-state index contributed by atoms with van der Waals surface area (Å²) in [5.41, 5.74) is 0.815. The molecule has 7 heteroatoms. The SMILES string of the molecule is CN(C)CCNC(=O)Cc1ccc(S(=O)(=O)N2CCCCC2)cc1. The van der Waals surface area contributed by atoms with E-state index in [9.17, 15) is 13.2 Å². The summed E-state index contributed by atoms with van der Waals surface area (Å²) in [5.74, 6) is -0.0523. The van der Waals surface area contributed by atoms with Crippen molar-refractivity contribution in [1.82, 2.24) is 14.5 Å². The normalized spacial score (nSPS) is 16.3. The summed E-state index contributed by atoms with van der Waals surface area (Å²) in [5, 5.41) is 2.85. The highest BCUT2D eigenvalue weighted by Crippen LogP contribution is 2.20. The van der Waals surface area contributed by atoms with Gasteiger partial charge in [0.1, 0.15) is 0 Å². The Bertz CT molecular complexity index is 636. The van der Waals surface area contributed by atoms with Crippen LogP contribution in [0.5, 0.6) is 0 Å². The zero-order valence-electron chi connectivity index (χ0n) is 14.5. The summed E-state index contributed by atoms with van der Waals surface area (Å²) >= 11 is 0. The number of amides is 1. The zero-order chi connectivity index (χ0) is 17.6. The second kappa shape index (κ2) is 8.60. The predicted molar refractivity (Wildman–Crippen MR) is 94.3 cm³/mol. The fraction of sp³-hybridized carbons (Fsp3) is 0.588. The molecule has 1 heterocycles. The molecule has 0 bridgehead atoms. The lowest BCUT2D eigenvalue weighted by molar-refractivity contribution is -0.120. The molecule has 1 amide bonds. The van der Waals surface area contributed by atoms with Gasteiger partial charge < -0.3 is 10.2 Å². The van der Waals surface area contributed by atoms with Crippen LogP contribution >= 0.6 is 0 Å². The molecule has 134 valence electrons. The number of carbonyl (C=O) groups excluding carboxylic acids is 1. The summed E-state index contributed by atoms with van der Waals surface area (Å²) in [6.07, 6.45) is 3.19. The Balaban J connectivity index is 1.93. The van der Waals surface area contributed by atoms with Crippen LogP contribution in [0, 0.1) is 0 Å². The summed E-state index contributed by atoms with van der Waals surface area (Å²) in [6, 6.07) is 6.66. The van der Waals surface area contributed by atoms with Gasteiger partial charge in [0.25, 0.3) is 0 Å². The van der Waals surface area contributed by atoms with Crippen molar-refractivity contribution in [2.45, 2.75) is 30.6 Å². The van der Waals surface area contributed by atoms with E-state index in [0.717, 1.165) is 31.4 Å². The second-order valence-electron chi connectivity index (χ2n) is 6.44. The molecule has 1 aliphatic heterocycles. The molecule has 0 atom stereocenters. The molecule has 0 aromatic heterocycles. The Morgan fingerprint density at radius 1 is 1.12 bits per heavy atom. The largest absolute Gasteiger partial charge is 0.355 e. The minimum Gasteiger partial charge on any atom is -0.355 e. The van der Waals surface area contributed by atoms with Gasteiger partial charge in [-0.2, -0.15) is 4.31 Å².